The van der Waals surface area contributed by atoms with Gasteiger partial charge < -0.3 is 9.64 Å². The Labute approximate surface area is 135 Å². The van der Waals surface area contributed by atoms with Crippen LogP contribution in [-0.4, -0.2) is 25.5 Å². The molecule has 0 aliphatic carbocycles. The van der Waals surface area contributed by atoms with Crippen LogP contribution in [-0.2, 0) is 13.0 Å². The molecule has 21 heavy (non-hydrogen) atoms. The first-order valence-corrected chi connectivity index (χ1v) is 8.04. The number of aryl methyl sites for hydroxylation is 1. The van der Waals surface area contributed by atoms with Gasteiger partial charge in [-0.25, -0.2) is 0 Å². The summed E-state index contributed by atoms with van der Waals surface area (Å²) in [5.41, 5.74) is 2.46. The molecule has 0 N–H and O–H groups in total. The minimum Gasteiger partial charge on any atom is -0.489 e. The van der Waals surface area contributed by atoms with E-state index >= 15 is 0 Å². The fraction of sp³-hybridized carbons (Fsp3) is 0.333. The van der Waals surface area contributed by atoms with Crippen LogP contribution in [0, 0.1) is 0 Å². The highest BCUT2D eigenvalue weighted by molar-refractivity contribution is 9.10. The topological polar surface area (TPSA) is 12.5 Å². The van der Waals surface area contributed by atoms with Crippen molar-refractivity contribution in [1.82, 2.24) is 4.90 Å². The van der Waals surface area contributed by atoms with Crippen LogP contribution < -0.4 is 4.74 Å². The molecule has 0 aromatic heterocycles. The number of rotatable bonds is 7. The smallest absolute Gasteiger partial charge is 0.123 e. The highest BCUT2D eigenvalue weighted by Gasteiger charge is 2.06. The normalized spacial score (nSPS) is 10.9. The number of ether oxygens (including phenoxy) is 1. The summed E-state index contributed by atoms with van der Waals surface area (Å²) in [7, 11) is 4.21. The van der Waals surface area contributed by atoms with Crippen molar-refractivity contribution in [2.75, 3.05) is 20.6 Å². The van der Waals surface area contributed by atoms with Crippen LogP contribution in [0.15, 0.2) is 53.0 Å². The molecule has 2 nitrogen and oxygen atoms in total. The first kappa shape index (κ1) is 16.1. The Kier molecular flexibility index (Phi) is 6.27. The Hall–Kier alpha value is -1.32. The van der Waals surface area contributed by atoms with E-state index < -0.39 is 0 Å². The standard InChI is InChI=1S/C18H22BrNO/c1-20(2)12-6-9-16-13-17(19)10-11-18(16)21-14-15-7-4-3-5-8-15/h3-5,7-8,10-11,13H,6,9,12,14H2,1-2H3. The summed E-state index contributed by atoms with van der Waals surface area (Å²) in [5, 5.41) is 0. The predicted molar refractivity (Wildman–Crippen MR) is 91.8 cm³/mol. The lowest BCUT2D eigenvalue weighted by Crippen LogP contribution is -2.13. The van der Waals surface area contributed by atoms with Crippen molar-refractivity contribution < 1.29 is 4.74 Å². The van der Waals surface area contributed by atoms with Gasteiger partial charge in [0.05, 0.1) is 0 Å². The Morgan fingerprint density at radius 3 is 2.52 bits per heavy atom. The zero-order valence-electron chi connectivity index (χ0n) is 12.7. The predicted octanol–water partition coefficient (Wildman–Crippen LogP) is 4.52. The van der Waals surface area contributed by atoms with Crippen LogP contribution in [0.25, 0.3) is 0 Å². The van der Waals surface area contributed by atoms with Gasteiger partial charge in [-0.05, 0) is 62.8 Å². The lowest BCUT2D eigenvalue weighted by atomic mass is 10.1. The third kappa shape index (κ3) is 5.52. The summed E-state index contributed by atoms with van der Waals surface area (Å²) in [4.78, 5) is 2.21. The van der Waals surface area contributed by atoms with E-state index in [0.717, 1.165) is 29.6 Å². The number of hydrogen-bond acceptors (Lipinski definition) is 2. The monoisotopic (exact) mass is 347 g/mol. The van der Waals surface area contributed by atoms with E-state index in [4.69, 9.17) is 4.74 Å². The highest BCUT2D eigenvalue weighted by atomic mass is 79.9. The Balaban J connectivity index is 2.00. The quantitative estimate of drug-likeness (QED) is 0.729. The Morgan fingerprint density at radius 1 is 1.05 bits per heavy atom. The average Bonchev–Trinajstić information content (AvgIpc) is 2.47. The SMILES string of the molecule is CN(C)CCCc1cc(Br)ccc1OCc1ccccc1. The van der Waals surface area contributed by atoms with Crippen molar-refractivity contribution in [2.45, 2.75) is 19.4 Å². The van der Waals surface area contributed by atoms with E-state index in [1.807, 2.05) is 24.3 Å². The van der Waals surface area contributed by atoms with E-state index in [0.29, 0.717) is 6.61 Å². The Morgan fingerprint density at radius 2 is 1.81 bits per heavy atom. The number of nitrogens with zero attached hydrogens (tertiary/aromatic N) is 1. The van der Waals surface area contributed by atoms with Crippen molar-refractivity contribution in [1.29, 1.82) is 0 Å². The summed E-state index contributed by atoms with van der Waals surface area (Å²) in [6.07, 6.45) is 2.16. The molecule has 3 heteroatoms. The van der Waals surface area contributed by atoms with Gasteiger partial charge in [-0.3, -0.25) is 0 Å². The molecule has 0 atom stereocenters. The molecule has 0 amide bonds. The van der Waals surface area contributed by atoms with Crippen molar-refractivity contribution in [3.8, 4) is 5.75 Å². The third-order valence-corrected chi connectivity index (χ3v) is 3.80. The van der Waals surface area contributed by atoms with Crippen molar-refractivity contribution in [3.05, 3.63) is 64.1 Å². The molecule has 2 aromatic rings. The largest absolute Gasteiger partial charge is 0.489 e. The molecule has 0 spiro atoms. The van der Waals surface area contributed by atoms with Crippen molar-refractivity contribution >= 4 is 15.9 Å². The maximum Gasteiger partial charge on any atom is 0.123 e. The van der Waals surface area contributed by atoms with Gasteiger partial charge in [0, 0.05) is 4.47 Å². The van der Waals surface area contributed by atoms with Gasteiger partial charge in [-0.15, -0.1) is 0 Å². The van der Waals surface area contributed by atoms with Gasteiger partial charge in [0.1, 0.15) is 12.4 Å². The molecule has 0 fully saturated rings. The van der Waals surface area contributed by atoms with Gasteiger partial charge in [-0.1, -0.05) is 46.3 Å². The molecule has 0 aliphatic rings. The van der Waals surface area contributed by atoms with Gasteiger partial charge in [-0.2, -0.15) is 0 Å². The second-order valence-corrected chi connectivity index (χ2v) is 6.35. The molecule has 2 rings (SSSR count). The molecule has 0 bridgehead atoms. The van der Waals surface area contributed by atoms with E-state index in [1.54, 1.807) is 0 Å². The zero-order chi connectivity index (χ0) is 15.1. The molecule has 2 aromatic carbocycles. The molecular weight excluding hydrogens is 326 g/mol. The van der Waals surface area contributed by atoms with Crippen LogP contribution >= 0.6 is 15.9 Å². The van der Waals surface area contributed by atoms with Crippen LogP contribution in [0.3, 0.4) is 0 Å². The zero-order valence-corrected chi connectivity index (χ0v) is 14.3. The summed E-state index contributed by atoms with van der Waals surface area (Å²) in [5.74, 6) is 0.987. The van der Waals surface area contributed by atoms with Crippen LogP contribution in [0.1, 0.15) is 17.5 Å². The van der Waals surface area contributed by atoms with E-state index in [1.165, 1.54) is 11.1 Å². The maximum atomic E-state index is 6.00. The lowest BCUT2D eigenvalue weighted by Gasteiger charge is -2.14. The van der Waals surface area contributed by atoms with Crippen molar-refractivity contribution in [2.24, 2.45) is 0 Å². The van der Waals surface area contributed by atoms with Gasteiger partial charge in [0.25, 0.3) is 0 Å². The van der Waals surface area contributed by atoms with E-state index in [9.17, 15) is 0 Å². The van der Waals surface area contributed by atoms with Crippen molar-refractivity contribution in [3.63, 3.8) is 0 Å². The first-order chi connectivity index (χ1) is 10.1. The maximum absolute atomic E-state index is 6.00. The summed E-state index contributed by atoms with van der Waals surface area (Å²) < 4.78 is 7.11. The number of benzene rings is 2. The first-order valence-electron chi connectivity index (χ1n) is 7.25. The molecule has 0 aliphatic heterocycles. The average molecular weight is 348 g/mol. The lowest BCUT2D eigenvalue weighted by molar-refractivity contribution is 0.302. The minimum atomic E-state index is 0.614. The second kappa shape index (κ2) is 8.20. The summed E-state index contributed by atoms with van der Waals surface area (Å²) in [6, 6.07) is 16.5. The van der Waals surface area contributed by atoms with Crippen LogP contribution in [0.4, 0.5) is 0 Å². The third-order valence-electron chi connectivity index (χ3n) is 3.31. The number of hydrogen-bond donors (Lipinski definition) is 0. The molecule has 0 radical (unpaired) electrons. The molecule has 112 valence electrons. The fourth-order valence-electron chi connectivity index (χ4n) is 2.21. The van der Waals surface area contributed by atoms with E-state index in [2.05, 4.69) is 59.2 Å². The molecule has 0 saturated carbocycles. The van der Waals surface area contributed by atoms with Gasteiger partial charge >= 0.3 is 0 Å². The molecule has 0 heterocycles. The summed E-state index contributed by atoms with van der Waals surface area (Å²) in [6.45, 7) is 1.70. The van der Waals surface area contributed by atoms with Crippen LogP contribution in [0.5, 0.6) is 5.75 Å². The van der Waals surface area contributed by atoms with E-state index in [-0.39, 0.29) is 0 Å². The van der Waals surface area contributed by atoms with Gasteiger partial charge in [0.15, 0.2) is 0 Å². The minimum absolute atomic E-state index is 0.614. The fourth-order valence-corrected chi connectivity index (χ4v) is 2.61. The molecule has 0 saturated heterocycles. The van der Waals surface area contributed by atoms with Gasteiger partial charge in [0.2, 0.25) is 0 Å². The molecular formula is C18H22BrNO. The van der Waals surface area contributed by atoms with Crippen LogP contribution in [0.2, 0.25) is 0 Å². The Bertz CT molecular complexity index is 554. The summed E-state index contributed by atoms with van der Waals surface area (Å²) >= 11 is 3.55. The second-order valence-electron chi connectivity index (χ2n) is 5.43. The highest BCUT2D eigenvalue weighted by Crippen LogP contribution is 2.25. The molecule has 0 unspecified atom stereocenters. The number of halogens is 1.